The lowest BCUT2D eigenvalue weighted by molar-refractivity contribution is 0.342. The summed E-state index contributed by atoms with van der Waals surface area (Å²) in [6.45, 7) is 7.07. The SMILES string of the molecule is [C-]#[N+]c1ccc(CS(=O)(CC2CCC(N(C)c3ncnc4[nH]ccc34)CC2)=NC)cc1. The molecule has 0 aliphatic heterocycles. The fraction of sp³-hybridized carbons (Fsp3) is 0.435. The van der Waals surface area contributed by atoms with Crippen molar-refractivity contribution in [3.05, 3.63) is 59.8 Å². The van der Waals surface area contributed by atoms with Crippen LogP contribution >= 0.6 is 0 Å². The van der Waals surface area contributed by atoms with Gasteiger partial charge in [0.1, 0.15) is 17.8 Å². The van der Waals surface area contributed by atoms with E-state index in [1.807, 2.05) is 24.4 Å². The van der Waals surface area contributed by atoms with Gasteiger partial charge in [0.15, 0.2) is 5.69 Å². The summed E-state index contributed by atoms with van der Waals surface area (Å²) in [6, 6.07) is 9.80. The minimum Gasteiger partial charge on any atom is -0.356 e. The molecule has 0 spiro atoms. The van der Waals surface area contributed by atoms with E-state index in [1.165, 1.54) is 0 Å². The molecule has 162 valence electrons. The molecule has 8 heteroatoms. The van der Waals surface area contributed by atoms with E-state index in [2.05, 4.69) is 36.1 Å². The van der Waals surface area contributed by atoms with E-state index in [0.717, 1.165) is 48.1 Å². The molecule has 0 saturated heterocycles. The zero-order valence-corrected chi connectivity index (χ0v) is 18.8. The Kier molecular flexibility index (Phi) is 6.23. The number of anilines is 1. The standard InChI is InChI=1S/C23H28N6OS/c1-24-19-8-4-17(5-9-19)14-31(30,25-2)15-18-6-10-20(11-7-18)29(3)23-21-12-13-26-22(21)27-16-28-23/h4-5,8-9,12-13,16,18,20H,6-7,10-11,14-15H2,2-3H3,(H,26,27,28). The lowest BCUT2D eigenvalue weighted by Gasteiger charge is -2.35. The summed E-state index contributed by atoms with van der Waals surface area (Å²) in [5, 5.41) is 1.05. The lowest BCUT2D eigenvalue weighted by Crippen LogP contribution is -2.37. The number of hydrogen-bond acceptors (Lipinski definition) is 5. The molecule has 1 fully saturated rings. The van der Waals surface area contributed by atoms with Gasteiger partial charge in [-0.05, 0) is 43.2 Å². The van der Waals surface area contributed by atoms with Crippen molar-refractivity contribution in [1.82, 2.24) is 15.0 Å². The molecule has 2 aromatic heterocycles. The van der Waals surface area contributed by atoms with Gasteiger partial charge >= 0.3 is 0 Å². The molecular formula is C23H28N6OS. The summed E-state index contributed by atoms with van der Waals surface area (Å²) >= 11 is 0. The van der Waals surface area contributed by atoms with Gasteiger partial charge in [0.2, 0.25) is 0 Å². The molecule has 1 aromatic carbocycles. The summed E-state index contributed by atoms with van der Waals surface area (Å²) in [5.41, 5.74) is 2.45. The zero-order chi connectivity index (χ0) is 21.8. The number of aromatic nitrogens is 3. The summed E-state index contributed by atoms with van der Waals surface area (Å²) in [4.78, 5) is 17.6. The number of benzene rings is 1. The largest absolute Gasteiger partial charge is 0.356 e. The molecule has 31 heavy (non-hydrogen) atoms. The van der Waals surface area contributed by atoms with Crippen LogP contribution in [0.2, 0.25) is 0 Å². The molecule has 0 amide bonds. The van der Waals surface area contributed by atoms with E-state index < -0.39 is 9.73 Å². The molecule has 7 nitrogen and oxygen atoms in total. The van der Waals surface area contributed by atoms with Gasteiger partial charge in [0, 0.05) is 32.1 Å². The van der Waals surface area contributed by atoms with E-state index in [0.29, 0.717) is 29.2 Å². The van der Waals surface area contributed by atoms with Gasteiger partial charge in [-0.15, -0.1) is 0 Å². The van der Waals surface area contributed by atoms with Crippen LogP contribution in [0.5, 0.6) is 0 Å². The van der Waals surface area contributed by atoms with Gasteiger partial charge in [-0.1, -0.05) is 24.3 Å². The van der Waals surface area contributed by atoms with Gasteiger partial charge in [0.05, 0.1) is 27.4 Å². The maximum absolute atomic E-state index is 13.4. The highest BCUT2D eigenvalue weighted by atomic mass is 32.2. The predicted octanol–water partition coefficient (Wildman–Crippen LogP) is 4.80. The van der Waals surface area contributed by atoms with Crippen molar-refractivity contribution in [3.63, 3.8) is 0 Å². The average molecular weight is 437 g/mol. The monoisotopic (exact) mass is 436 g/mol. The van der Waals surface area contributed by atoms with Crippen LogP contribution in [-0.4, -0.2) is 45.1 Å². The molecule has 1 aliphatic carbocycles. The second kappa shape index (κ2) is 9.06. The van der Waals surface area contributed by atoms with Gasteiger partial charge < -0.3 is 9.88 Å². The topological polar surface area (TPSA) is 78.6 Å². The van der Waals surface area contributed by atoms with Crippen LogP contribution in [0.3, 0.4) is 0 Å². The predicted molar refractivity (Wildman–Crippen MR) is 126 cm³/mol. The lowest BCUT2D eigenvalue weighted by atomic mass is 9.86. The summed E-state index contributed by atoms with van der Waals surface area (Å²) < 4.78 is 17.8. The summed E-state index contributed by atoms with van der Waals surface area (Å²) in [7, 11) is 1.48. The summed E-state index contributed by atoms with van der Waals surface area (Å²) in [6.07, 6.45) is 7.69. The Morgan fingerprint density at radius 3 is 2.61 bits per heavy atom. The van der Waals surface area contributed by atoms with E-state index >= 15 is 0 Å². The highest BCUT2D eigenvalue weighted by molar-refractivity contribution is 7.92. The first-order chi connectivity index (χ1) is 15.0. The zero-order valence-electron chi connectivity index (χ0n) is 18.0. The maximum atomic E-state index is 13.4. The van der Waals surface area contributed by atoms with Crippen molar-refractivity contribution < 1.29 is 4.21 Å². The van der Waals surface area contributed by atoms with Gasteiger partial charge in [-0.2, -0.15) is 0 Å². The fourth-order valence-electron chi connectivity index (χ4n) is 4.50. The number of nitrogens with one attached hydrogen (secondary N) is 1. The van der Waals surface area contributed by atoms with Crippen molar-refractivity contribution in [3.8, 4) is 0 Å². The second-order valence-electron chi connectivity index (χ2n) is 8.27. The third kappa shape index (κ3) is 4.72. The van der Waals surface area contributed by atoms with Gasteiger partial charge in [-0.25, -0.2) is 23.4 Å². The Morgan fingerprint density at radius 1 is 1.19 bits per heavy atom. The molecule has 3 aromatic rings. The van der Waals surface area contributed by atoms with Crippen molar-refractivity contribution in [1.29, 1.82) is 0 Å². The average Bonchev–Trinajstić information content (AvgIpc) is 3.29. The van der Waals surface area contributed by atoms with Crippen molar-refractivity contribution >= 4 is 32.3 Å². The molecular weight excluding hydrogens is 408 g/mol. The molecule has 1 unspecified atom stereocenters. The Bertz CT molecular complexity index is 1190. The Hall–Kier alpha value is -2.92. The minimum absolute atomic E-state index is 0.417. The number of hydrogen-bond donors (Lipinski definition) is 1. The molecule has 1 atom stereocenters. The van der Waals surface area contributed by atoms with Crippen LogP contribution in [0.25, 0.3) is 15.9 Å². The number of aromatic amines is 1. The van der Waals surface area contributed by atoms with Crippen LogP contribution < -0.4 is 4.90 Å². The Morgan fingerprint density at radius 2 is 1.94 bits per heavy atom. The highest BCUT2D eigenvalue weighted by Gasteiger charge is 2.28. The smallest absolute Gasteiger partial charge is 0.187 e. The number of nitrogens with zero attached hydrogens (tertiary/aromatic N) is 5. The van der Waals surface area contributed by atoms with E-state index in [-0.39, 0.29) is 0 Å². The van der Waals surface area contributed by atoms with E-state index in [9.17, 15) is 4.21 Å². The highest BCUT2D eigenvalue weighted by Crippen LogP contribution is 2.32. The minimum atomic E-state index is -2.30. The molecule has 1 saturated carbocycles. The van der Waals surface area contributed by atoms with E-state index in [4.69, 9.17) is 6.57 Å². The van der Waals surface area contributed by atoms with E-state index in [1.54, 1.807) is 25.5 Å². The number of rotatable bonds is 6. The fourth-order valence-corrected chi connectivity index (χ4v) is 6.68. The van der Waals surface area contributed by atoms with Crippen molar-refractivity contribution in [2.75, 3.05) is 24.7 Å². The maximum Gasteiger partial charge on any atom is 0.187 e. The third-order valence-corrected chi connectivity index (χ3v) is 8.76. The van der Waals surface area contributed by atoms with Crippen molar-refractivity contribution in [2.24, 2.45) is 10.3 Å². The normalized spacial score (nSPS) is 20.7. The first kappa shape index (κ1) is 21.3. The molecule has 1 aliphatic rings. The number of fused-ring (bicyclic) bond motifs is 1. The Labute approximate surface area is 183 Å². The van der Waals surface area contributed by atoms with Gasteiger partial charge in [-0.3, -0.25) is 0 Å². The first-order valence-corrected chi connectivity index (χ1v) is 12.4. The van der Waals surface area contributed by atoms with Crippen LogP contribution in [0.1, 0.15) is 31.2 Å². The van der Waals surface area contributed by atoms with Crippen LogP contribution in [0.15, 0.2) is 47.2 Å². The summed E-state index contributed by atoms with van der Waals surface area (Å²) in [5.74, 6) is 2.47. The third-order valence-electron chi connectivity index (χ3n) is 6.32. The molecule has 1 N–H and O–H groups in total. The molecule has 2 heterocycles. The second-order valence-corrected chi connectivity index (χ2v) is 10.8. The first-order valence-electron chi connectivity index (χ1n) is 10.6. The van der Waals surface area contributed by atoms with Crippen LogP contribution in [-0.2, 0) is 15.5 Å². The molecule has 0 radical (unpaired) electrons. The molecule has 4 rings (SSSR count). The Balaban J connectivity index is 1.38. The van der Waals surface area contributed by atoms with Crippen LogP contribution in [0, 0.1) is 12.5 Å². The van der Waals surface area contributed by atoms with Crippen LogP contribution in [0.4, 0.5) is 11.5 Å². The quantitative estimate of drug-likeness (QED) is 0.563. The number of H-pyrrole nitrogens is 1. The van der Waals surface area contributed by atoms with Gasteiger partial charge in [0.25, 0.3) is 0 Å². The molecule has 0 bridgehead atoms. The van der Waals surface area contributed by atoms with Crippen molar-refractivity contribution in [2.45, 2.75) is 37.5 Å².